The van der Waals surface area contributed by atoms with E-state index in [1.807, 2.05) is 36.5 Å². The second kappa shape index (κ2) is 6.04. The van der Waals surface area contributed by atoms with Crippen LogP contribution in [0.15, 0.2) is 73.3 Å². The molecule has 4 aromatic rings. The molecule has 0 fully saturated rings. The SMILES string of the molecule is Fc1cccc(-c2cc(Nc3cccc4cnccc34)ncn2)c1. The van der Waals surface area contributed by atoms with Crippen molar-refractivity contribution in [2.45, 2.75) is 0 Å². The van der Waals surface area contributed by atoms with Gasteiger partial charge < -0.3 is 5.32 Å². The number of anilines is 2. The van der Waals surface area contributed by atoms with Crippen LogP contribution >= 0.6 is 0 Å². The fraction of sp³-hybridized carbons (Fsp3) is 0. The zero-order valence-electron chi connectivity index (χ0n) is 12.6. The minimum Gasteiger partial charge on any atom is -0.340 e. The molecule has 2 aromatic heterocycles. The molecule has 0 bridgehead atoms. The monoisotopic (exact) mass is 316 g/mol. The second-order valence-electron chi connectivity index (χ2n) is 5.33. The Kier molecular flexibility index (Phi) is 3.59. The average molecular weight is 316 g/mol. The Balaban J connectivity index is 1.71. The van der Waals surface area contributed by atoms with E-state index in [1.54, 1.807) is 18.3 Å². The van der Waals surface area contributed by atoms with E-state index < -0.39 is 0 Å². The first-order valence-corrected chi connectivity index (χ1v) is 7.47. The molecule has 0 aliphatic rings. The van der Waals surface area contributed by atoms with E-state index in [-0.39, 0.29) is 5.82 Å². The third-order valence-electron chi connectivity index (χ3n) is 3.73. The van der Waals surface area contributed by atoms with Crippen LogP contribution < -0.4 is 5.32 Å². The van der Waals surface area contributed by atoms with Crippen molar-refractivity contribution in [3.05, 3.63) is 79.1 Å². The summed E-state index contributed by atoms with van der Waals surface area (Å²) in [5.74, 6) is 0.357. The number of rotatable bonds is 3. The lowest BCUT2D eigenvalue weighted by molar-refractivity contribution is 0.628. The van der Waals surface area contributed by atoms with Gasteiger partial charge in [-0.15, -0.1) is 0 Å². The molecule has 0 radical (unpaired) electrons. The van der Waals surface area contributed by atoms with Crippen LogP contribution in [0.1, 0.15) is 0 Å². The lowest BCUT2D eigenvalue weighted by Gasteiger charge is -2.10. The van der Waals surface area contributed by atoms with Crippen LogP contribution in [0.3, 0.4) is 0 Å². The highest BCUT2D eigenvalue weighted by molar-refractivity contribution is 5.94. The van der Waals surface area contributed by atoms with Crippen molar-refractivity contribution in [2.75, 3.05) is 5.32 Å². The molecule has 116 valence electrons. The van der Waals surface area contributed by atoms with E-state index in [2.05, 4.69) is 20.3 Å². The van der Waals surface area contributed by atoms with Crippen molar-refractivity contribution >= 4 is 22.3 Å². The van der Waals surface area contributed by atoms with Gasteiger partial charge in [0.25, 0.3) is 0 Å². The van der Waals surface area contributed by atoms with Crippen molar-refractivity contribution in [2.24, 2.45) is 0 Å². The maximum absolute atomic E-state index is 13.4. The van der Waals surface area contributed by atoms with Gasteiger partial charge in [0.2, 0.25) is 0 Å². The summed E-state index contributed by atoms with van der Waals surface area (Å²) in [7, 11) is 0. The van der Waals surface area contributed by atoms with Crippen molar-refractivity contribution < 1.29 is 4.39 Å². The molecule has 24 heavy (non-hydrogen) atoms. The minimum atomic E-state index is -0.290. The Bertz CT molecular complexity index is 1010. The molecule has 5 heteroatoms. The summed E-state index contributed by atoms with van der Waals surface area (Å²) >= 11 is 0. The highest BCUT2D eigenvalue weighted by Gasteiger charge is 2.05. The fourth-order valence-electron chi connectivity index (χ4n) is 2.60. The number of fused-ring (bicyclic) bond motifs is 1. The number of hydrogen-bond donors (Lipinski definition) is 1. The zero-order valence-corrected chi connectivity index (χ0v) is 12.6. The number of hydrogen-bond acceptors (Lipinski definition) is 4. The normalized spacial score (nSPS) is 10.7. The van der Waals surface area contributed by atoms with Crippen molar-refractivity contribution in [1.29, 1.82) is 0 Å². The molecule has 0 aliphatic heterocycles. The van der Waals surface area contributed by atoms with Gasteiger partial charge in [-0.2, -0.15) is 0 Å². The predicted octanol–water partition coefficient (Wildman–Crippen LogP) is 4.57. The molecule has 0 unspecified atom stereocenters. The largest absolute Gasteiger partial charge is 0.340 e. The molecule has 2 aromatic carbocycles. The van der Waals surface area contributed by atoms with Crippen LogP contribution in [0.4, 0.5) is 15.9 Å². The predicted molar refractivity (Wildman–Crippen MR) is 92.5 cm³/mol. The second-order valence-corrected chi connectivity index (χ2v) is 5.33. The van der Waals surface area contributed by atoms with Gasteiger partial charge in [0.1, 0.15) is 18.0 Å². The van der Waals surface area contributed by atoms with E-state index in [9.17, 15) is 4.39 Å². The fourth-order valence-corrected chi connectivity index (χ4v) is 2.60. The Morgan fingerprint density at radius 2 is 1.83 bits per heavy atom. The Morgan fingerprint density at radius 3 is 2.75 bits per heavy atom. The van der Waals surface area contributed by atoms with Crippen LogP contribution in [0.5, 0.6) is 0 Å². The first-order valence-electron chi connectivity index (χ1n) is 7.47. The molecule has 4 nitrogen and oxygen atoms in total. The minimum absolute atomic E-state index is 0.290. The van der Waals surface area contributed by atoms with E-state index in [0.717, 1.165) is 16.5 Å². The summed E-state index contributed by atoms with van der Waals surface area (Å²) < 4.78 is 13.4. The van der Waals surface area contributed by atoms with E-state index in [4.69, 9.17) is 0 Å². The van der Waals surface area contributed by atoms with Crippen LogP contribution in [-0.2, 0) is 0 Å². The van der Waals surface area contributed by atoms with Gasteiger partial charge in [-0.05, 0) is 24.3 Å². The van der Waals surface area contributed by atoms with Crippen LogP contribution in [0.2, 0.25) is 0 Å². The number of nitrogens with one attached hydrogen (secondary N) is 1. The standard InChI is InChI=1S/C19H13FN4/c20-15-5-1-3-13(9-15)18-10-19(23-12-22-18)24-17-6-2-4-14-11-21-8-7-16(14)17/h1-12H,(H,22,23,24). The van der Waals surface area contributed by atoms with Gasteiger partial charge in [0.05, 0.1) is 5.69 Å². The van der Waals surface area contributed by atoms with E-state index in [0.29, 0.717) is 17.1 Å². The van der Waals surface area contributed by atoms with Crippen molar-refractivity contribution in [3.63, 3.8) is 0 Å². The molecule has 0 atom stereocenters. The maximum Gasteiger partial charge on any atom is 0.134 e. The molecule has 0 aliphatic carbocycles. The summed E-state index contributed by atoms with van der Waals surface area (Å²) in [6.07, 6.45) is 5.04. The smallest absolute Gasteiger partial charge is 0.134 e. The maximum atomic E-state index is 13.4. The first-order chi connectivity index (χ1) is 11.8. The van der Waals surface area contributed by atoms with Gasteiger partial charge in [-0.25, -0.2) is 14.4 Å². The Labute approximate surface area is 138 Å². The summed E-state index contributed by atoms with van der Waals surface area (Å²) in [6.45, 7) is 0. The molecule has 0 saturated heterocycles. The lowest BCUT2D eigenvalue weighted by atomic mass is 10.1. The molecule has 2 heterocycles. The first kappa shape index (κ1) is 14.3. The molecular weight excluding hydrogens is 303 g/mol. The third-order valence-corrected chi connectivity index (χ3v) is 3.73. The van der Waals surface area contributed by atoms with Gasteiger partial charge in [0, 0.05) is 40.5 Å². The number of nitrogens with zero attached hydrogens (tertiary/aromatic N) is 3. The summed E-state index contributed by atoms with van der Waals surface area (Å²) in [5.41, 5.74) is 2.30. The molecule has 0 amide bonds. The number of pyridine rings is 1. The van der Waals surface area contributed by atoms with Crippen LogP contribution in [-0.4, -0.2) is 15.0 Å². The van der Waals surface area contributed by atoms with E-state index in [1.165, 1.54) is 18.5 Å². The Morgan fingerprint density at radius 1 is 0.917 bits per heavy atom. The lowest BCUT2D eigenvalue weighted by Crippen LogP contribution is -1.96. The molecule has 0 saturated carbocycles. The molecule has 4 rings (SSSR count). The number of halogens is 1. The van der Waals surface area contributed by atoms with Crippen molar-refractivity contribution in [3.8, 4) is 11.3 Å². The van der Waals surface area contributed by atoms with Crippen molar-refractivity contribution in [1.82, 2.24) is 15.0 Å². The van der Waals surface area contributed by atoms with Gasteiger partial charge >= 0.3 is 0 Å². The zero-order chi connectivity index (χ0) is 16.4. The Hall–Kier alpha value is -3.34. The van der Waals surface area contributed by atoms with Crippen LogP contribution in [0, 0.1) is 5.82 Å². The summed E-state index contributed by atoms with van der Waals surface area (Å²) in [4.78, 5) is 12.6. The summed E-state index contributed by atoms with van der Waals surface area (Å²) in [6, 6.07) is 16.0. The van der Waals surface area contributed by atoms with Gasteiger partial charge in [0.15, 0.2) is 0 Å². The van der Waals surface area contributed by atoms with Gasteiger partial charge in [-0.3, -0.25) is 4.98 Å². The molecule has 1 N–H and O–H groups in total. The molecule has 0 spiro atoms. The number of benzene rings is 2. The van der Waals surface area contributed by atoms with Crippen LogP contribution in [0.25, 0.3) is 22.0 Å². The quantitative estimate of drug-likeness (QED) is 0.601. The topological polar surface area (TPSA) is 50.7 Å². The number of aromatic nitrogens is 3. The molecular formula is C19H13FN4. The third kappa shape index (κ3) is 2.79. The average Bonchev–Trinajstić information content (AvgIpc) is 2.62. The highest BCUT2D eigenvalue weighted by atomic mass is 19.1. The van der Waals surface area contributed by atoms with Gasteiger partial charge in [-0.1, -0.05) is 24.3 Å². The van der Waals surface area contributed by atoms with E-state index >= 15 is 0 Å². The highest BCUT2D eigenvalue weighted by Crippen LogP contribution is 2.26. The summed E-state index contributed by atoms with van der Waals surface area (Å²) in [5, 5.41) is 5.40.